The average Bonchev–Trinajstić information content (AvgIpc) is 2.72. The summed E-state index contributed by atoms with van der Waals surface area (Å²) in [7, 11) is -4.01. The first kappa shape index (κ1) is 21.7. The van der Waals surface area contributed by atoms with Gasteiger partial charge in [0, 0.05) is 24.2 Å². The first-order chi connectivity index (χ1) is 14.7. The fourth-order valence-corrected chi connectivity index (χ4v) is 5.45. The minimum absolute atomic E-state index is 0.109. The Bertz CT molecular complexity index is 1200. The molecule has 0 bridgehead atoms. The van der Waals surface area contributed by atoms with Crippen LogP contribution in [-0.2, 0) is 20.5 Å². The molecule has 1 aliphatic carbocycles. The summed E-state index contributed by atoms with van der Waals surface area (Å²) in [5.41, 5.74) is 4.03. The molecule has 2 aliphatic rings. The van der Waals surface area contributed by atoms with Gasteiger partial charge in [0.2, 0.25) is 5.79 Å². The van der Waals surface area contributed by atoms with Gasteiger partial charge in [-0.15, -0.1) is 0 Å². The van der Waals surface area contributed by atoms with Crippen LogP contribution in [0.15, 0.2) is 57.5 Å². The maximum absolute atomic E-state index is 13.3. The van der Waals surface area contributed by atoms with E-state index in [9.17, 15) is 18.6 Å². The molecule has 0 aromatic heterocycles. The van der Waals surface area contributed by atoms with Crippen LogP contribution in [0.25, 0.3) is 0 Å². The molecular formula is C23H26N2O5S. The lowest BCUT2D eigenvalue weighted by atomic mass is 9.86. The molecule has 0 radical (unpaired) electrons. The van der Waals surface area contributed by atoms with Crippen LogP contribution < -0.4 is 0 Å². The number of aryl methyl sites for hydroxylation is 3. The standard InChI is InChI=1S/C23H26N2O5S/c1-15-12-17(3)21(13-16(15)2)31(28,29)24-20-14-22-23(27,19-7-5-4-6-18(19)20)30-11-9-25(22)8-10-26/h4-7,12-14,26-27H,8-11H2,1-3H3/b24-20+. The molecule has 1 unspecified atom stereocenters. The topological polar surface area (TPSA) is 99.4 Å². The minimum Gasteiger partial charge on any atom is -0.395 e. The third kappa shape index (κ3) is 3.70. The second-order valence-electron chi connectivity index (χ2n) is 7.93. The van der Waals surface area contributed by atoms with Crippen LogP contribution in [0, 0.1) is 20.8 Å². The zero-order valence-corrected chi connectivity index (χ0v) is 18.6. The summed E-state index contributed by atoms with van der Waals surface area (Å²) in [6.45, 7) is 6.47. The molecule has 2 N–H and O–H groups in total. The van der Waals surface area contributed by atoms with Gasteiger partial charge in [0.05, 0.1) is 29.5 Å². The molecule has 1 saturated heterocycles. The predicted molar refractivity (Wildman–Crippen MR) is 117 cm³/mol. The first-order valence-corrected chi connectivity index (χ1v) is 11.6. The molecule has 1 fully saturated rings. The largest absolute Gasteiger partial charge is 0.395 e. The van der Waals surface area contributed by atoms with E-state index in [1.807, 2.05) is 19.9 Å². The number of morpholine rings is 1. The van der Waals surface area contributed by atoms with Gasteiger partial charge in [0.1, 0.15) is 0 Å². The van der Waals surface area contributed by atoms with Crippen LogP contribution >= 0.6 is 0 Å². The van der Waals surface area contributed by atoms with Crippen LogP contribution in [0.5, 0.6) is 0 Å². The molecule has 1 aliphatic heterocycles. The Kier molecular flexibility index (Phi) is 5.51. The SMILES string of the molecule is Cc1cc(C)c(S(=O)(=O)/N=C2\C=C3N(CCO)CCOC3(O)c3ccccc32)cc1C. The number of fused-ring (bicyclic) bond motifs is 3. The number of β-amino-alcohol motifs (C(OH)–C–C–N with tert-alkyl or cyclic N) is 1. The van der Waals surface area contributed by atoms with E-state index < -0.39 is 15.8 Å². The van der Waals surface area contributed by atoms with E-state index in [4.69, 9.17) is 4.74 Å². The van der Waals surface area contributed by atoms with Gasteiger partial charge in [0.25, 0.3) is 10.0 Å². The van der Waals surface area contributed by atoms with E-state index in [0.29, 0.717) is 28.9 Å². The minimum atomic E-state index is -4.01. The van der Waals surface area contributed by atoms with E-state index in [2.05, 4.69) is 4.40 Å². The van der Waals surface area contributed by atoms with Crippen molar-refractivity contribution in [3.8, 4) is 0 Å². The van der Waals surface area contributed by atoms with Gasteiger partial charge in [-0.2, -0.15) is 12.8 Å². The second kappa shape index (κ2) is 7.87. The Morgan fingerprint density at radius 2 is 1.84 bits per heavy atom. The van der Waals surface area contributed by atoms with Crippen LogP contribution in [0.1, 0.15) is 27.8 Å². The zero-order chi connectivity index (χ0) is 22.4. The number of allylic oxidation sites excluding steroid dienone is 1. The second-order valence-corrected chi connectivity index (χ2v) is 9.50. The Morgan fingerprint density at radius 3 is 2.58 bits per heavy atom. The van der Waals surface area contributed by atoms with Gasteiger partial charge >= 0.3 is 0 Å². The number of rotatable bonds is 4. The molecule has 31 heavy (non-hydrogen) atoms. The number of aliphatic hydroxyl groups excluding tert-OH is 1. The third-order valence-electron chi connectivity index (χ3n) is 5.86. The molecule has 4 rings (SSSR count). The number of aliphatic hydroxyl groups is 2. The number of hydrogen-bond acceptors (Lipinski definition) is 6. The molecule has 2 aromatic carbocycles. The zero-order valence-electron chi connectivity index (χ0n) is 17.8. The molecule has 0 amide bonds. The molecule has 1 atom stereocenters. The molecule has 0 spiro atoms. The van der Waals surface area contributed by atoms with Crippen molar-refractivity contribution in [2.45, 2.75) is 31.5 Å². The number of nitrogens with zero attached hydrogens (tertiary/aromatic N) is 2. The Hall–Kier alpha value is -2.52. The Morgan fingerprint density at radius 1 is 1.13 bits per heavy atom. The average molecular weight is 443 g/mol. The number of sulfonamides is 1. The van der Waals surface area contributed by atoms with Gasteiger partial charge in [-0.3, -0.25) is 0 Å². The maximum Gasteiger partial charge on any atom is 0.283 e. The number of ether oxygens (including phenoxy) is 1. The lowest BCUT2D eigenvalue weighted by molar-refractivity contribution is -0.219. The lowest BCUT2D eigenvalue weighted by Crippen LogP contribution is -2.50. The summed E-state index contributed by atoms with van der Waals surface area (Å²) >= 11 is 0. The summed E-state index contributed by atoms with van der Waals surface area (Å²) in [6.07, 6.45) is 1.55. The highest BCUT2D eigenvalue weighted by Crippen LogP contribution is 2.41. The van der Waals surface area contributed by atoms with E-state index in [1.165, 1.54) is 0 Å². The van der Waals surface area contributed by atoms with Gasteiger partial charge < -0.3 is 19.8 Å². The summed E-state index contributed by atoms with van der Waals surface area (Å²) in [4.78, 5) is 1.95. The van der Waals surface area contributed by atoms with Crippen LogP contribution in [0.2, 0.25) is 0 Å². The summed E-state index contributed by atoms with van der Waals surface area (Å²) in [5.74, 6) is -1.72. The fraction of sp³-hybridized carbons (Fsp3) is 0.348. The van der Waals surface area contributed by atoms with Crippen molar-refractivity contribution >= 4 is 15.7 Å². The van der Waals surface area contributed by atoms with Crippen LogP contribution in [-0.4, -0.2) is 55.5 Å². The molecular weight excluding hydrogens is 416 g/mol. The molecule has 164 valence electrons. The smallest absolute Gasteiger partial charge is 0.283 e. The quantitative estimate of drug-likeness (QED) is 0.753. The Labute approximate surface area is 182 Å². The summed E-state index contributed by atoms with van der Waals surface area (Å²) < 4.78 is 36.5. The predicted octanol–water partition coefficient (Wildman–Crippen LogP) is 2.16. The molecule has 7 nitrogen and oxygen atoms in total. The normalized spacial score (nSPS) is 22.2. The van der Waals surface area contributed by atoms with Crippen molar-refractivity contribution in [1.29, 1.82) is 0 Å². The highest BCUT2D eigenvalue weighted by molar-refractivity contribution is 7.90. The van der Waals surface area contributed by atoms with E-state index in [0.717, 1.165) is 11.1 Å². The number of benzene rings is 2. The highest BCUT2D eigenvalue weighted by Gasteiger charge is 2.46. The monoisotopic (exact) mass is 442 g/mol. The van der Waals surface area contributed by atoms with Crippen molar-refractivity contribution < 1.29 is 23.4 Å². The van der Waals surface area contributed by atoms with E-state index in [1.54, 1.807) is 48.2 Å². The van der Waals surface area contributed by atoms with Gasteiger partial charge in [0.15, 0.2) is 0 Å². The van der Waals surface area contributed by atoms with Crippen molar-refractivity contribution in [3.05, 3.63) is 76.0 Å². The molecule has 0 saturated carbocycles. The van der Waals surface area contributed by atoms with Crippen molar-refractivity contribution in [3.63, 3.8) is 0 Å². The summed E-state index contributed by atoms with van der Waals surface area (Å²) in [5, 5.41) is 20.8. The number of hydrogen-bond donors (Lipinski definition) is 2. The van der Waals surface area contributed by atoms with Gasteiger partial charge in [-0.25, -0.2) is 0 Å². The van der Waals surface area contributed by atoms with Crippen molar-refractivity contribution in [2.75, 3.05) is 26.3 Å². The highest BCUT2D eigenvalue weighted by atomic mass is 32.2. The maximum atomic E-state index is 13.3. The van der Waals surface area contributed by atoms with Crippen LogP contribution in [0.4, 0.5) is 0 Å². The van der Waals surface area contributed by atoms with Crippen LogP contribution in [0.3, 0.4) is 0 Å². The van der Waals surface area contributed by atoms with Crippen molar-refractivity contribution in [2.24, 2.45) is 4.40 Å². The van der Waals surface area contributed by atoms with E-state index >= 15 is 0 Å². The third-order valence-corrected chi connectivity index (χ3v) is 7.29. The fourth-order valence-electron chi connectivity index (χ4n) is 4.15. The summed E-state index contributed by atoms with van der Waals surface area (Å²) in [6, 6.07) is 10.4. The van der Waals surface area contributed by atoms with Crippen molar-refractivity contribution in [1.82, 2.24) is 4.90 Å². The van der Waals surface area contributed by atoms with Gasteiger partial charge in [-0.05, 0) is 49.6 Å². The Balaban J connectivity index is 1.91. The molecule has 1 heterocycles. The lowest BCUT2D eigenvalue weighted by Gasteiger charge is -2.45. The van der Waals surface area contributed by atoms with E-state index in [-0.39, 0.29) is 30.4 Å². The first-order valence-electron chi connectivity index (χ1n) is 10.1. The molecule has 2 aromatic rings. The molecule has 8 heteroatoms. The van der Waals surface area contributed by atoms with Gasteiger partial charge in [-0.1, -0.05) is 30.3 Å².